The van der Waals surface area contributed by atoms with Crippen LogP contribution in [-0.2, 0) is 4.74 Å². The van der Waals surface area contributed by atoms with Crippen LogP contribution in [0.1, 0.15) is 0 Å². The fraction of sp³-hybridized carbons (Fsp3) is 0.500. The van der Waals surface area contributed by atoms with Crippen LogP contribution in [0.2, 0.25) is 0 Å². The summed E-state index contributed by atoms with van der Waals surface area (Å²) in [5.74, 6) is 0. The van der Waals surface area contributed by atoms with Gasteiger partial charge in [0.05, 0.1) is 0 Å². The molecule has 0 saturated carbocycles. The first-order valence-corrected chi connectivity index (χ1v) is 5.67. The molecule has 2 heterocycles. The number of anilines is 1. The molecule has 0 bridgehead atoms. The van der Waals surface area contributed by atoms with E-state index in [1.165, 1.54) is 4.56 Å². The number of hydrogen-bond acceptors (Lipinski definition) is 2. The normalized spacial score (nSPS) is 18.7. The summed E-state index contributed by atoms with van der Waals surface area (Å²) in [4.78, 5) is 4.70. The molecular formula is C8H11NOSe. The number of ether oxygens (including phenoxy) is 1. The summed E-state index contributed by atoms with van der Waals surface area (Å²) in [6, 6.07) is 4.39. The third kappa shape index (κ3) is 1.67. The first kappa shape index (κ1) is 7.41. The van der Waals surface area contributed by atoms with Gasteiger partial charge in [-0.2, -0.15) is 0 Å². The van der Waals surface area contributed by atoms with Crippen molar-refractivity contribution in [2.75, 3.05) is 31.2 Å². The predicted octanol–water partition coefficient (Wildman–Crippen LogP) is 0.580. The Bertz CT molecular complexity index is 204. The molecule has 0 aliphatic carbocycles. The van der Waals surface area contributed by atoms with Gasteiger partial charge in [-0.3, -0.25) is 0 Å². The monoisotopic (exact) mass is 217 g/mol. The second-order valence-electron chi connectivity index (χ2n) is 2.55. The van der Waals surface area contributed by atoms with Crippen LogP contribution >= 0.6 is 0 Å². The molecule has 2 nitrogen and oxygen atoms in total. The predicted molar refractivity (Wildman–Crippen MR) is 46.4 cm³/mol. The van der Waals surface area contributed by atoms with E-state index in [4.69, 9.17) is 4.74 Å². The molecule has 1 saturated heterocycles. The van der Waals surface area contributed by atoms with Gasteiger partial charge in [0.25, 0.3) is 0 Å². The van der Waals surface area contributed by atoms with Crippen molar-refractivity contribution < 1.29 is 4.74 Å². The molecule has 60 valence electrons. The Morgan fingerprint density at radius 3 is 2.82 bits per heavy atom. The quantitative estimate of drug-likeness (QED) is 0.637. The van der Waals surface area contributed by atoms with Crippen molar-refractivity contribution in [1.29, 1.82) is 0 Å². The molecule has 0 radical (unpaired) electrons. The van der Waals surface area contributed by atoms with Crippen LogP contribution < -0.4 is 4.90 Å². The zero-order valence-corrected chi connectivity index (χ0v) is 8.04. The molecule has 1 aromatic rings. The number of rotatable bonds is 1. The van der Waals surface area contributed by atoms with Crippen LogP contribution in [0.4, 0.5) is 4.56 Å². The summed E-state index contributed by atoms with van der Waals surface area (Å²) in [7, 11) is 0. The molecule has 1 aromatic heterocycles. The summed E-state index contributed by atoms with van der Waals surface area (Å²) in [6.07, 6.45) is 0. The zero-order chi connectivity index (χ0) is 7.52. The van der Waals surface area contributed by atoms with Gasteiger partial charge in [0.15, 0.2) is 0 Å². The van der Waals surface area contributed by atoms with Gasteiger partial charge in [-0.05, 0) is 0 Å². The Morgan fingerprint density at radius 2 is 2.18 bits per heavy atom. The molecule has 1 aliphatic rings. The van der Waals surface area contributed by atoms with E-state index in [0.29, 0.717) is 14.5 Å². The second-order valence-corrected chi connectivity index (χ2v) is 4.49. The molecule has 0 atom stereocenters. The Labute approximate surface area is 72.5 Å². The minimum atomic E-state index is 0.595. The Hall–Kier alpha value is -0.241. The van der Waals surface area contributed by atoms with Crippen LogP contribution in [0.3, 0.4) is 0 Å². The minimum absolute atomic E-state index is 0.595. The van der Waals surface area contributed by atoms with Crippen LogP contribution in [0.5, 0.6) is 0 Å². The van der Waals surface area contributed by atoms with Crippen molar-refractivity contribution in [3.63, 3.8) is 0 Å². The van der Waals surface area contributed by atoms with Gasteiger partial charge in [0.1, 0.15) is 0 Å². The molecule has 1 aliphatic heterocycles. The van der Waals surface area contributed by atoms with Crippen molar-refractivity contribution in [2.24, 2.45) is 0 Å². The van der Waals surface area contributed by atoms with Gasteiger partial charge >= 0.3 is 72.1 Å². The zero-order valence-electron chi connectivity index (χ0n) is 6.32. The maximum absolute atomic E-state index is 5.28. The van der Waals surface area contributed by atoms with E-state index < -0.39 is 0 Å². The van der Waals surface area contributed by atoms with Crippen molar-refractivity contribution in [1.82, 2.24) is 0 Å². The molecule has 2 rings (SSSR count). The number of morpholine rings is 1. The van der Waals surface area contributed by atoms with Crippen molar-refractivity contribution in [3.8, 4) is 0 Å². The summed E-state index contributed by atoms with van der Waals surface area (Å²) in [5, 5.41) is 0. The first-order valence-electron chi connectivity index (χ1n) is 3.83. The van der Waals surface area contributed by atoms with E-state index in [9.17, 15) is 0 Å². The van der Waals surface area contributed by atoms with Gasteiger partial charge < -0.3 is 0 Å². The molecular weight excluding hydrogens is 205 g/mol. The number of hydrogen-bond donors (Lipinski definition) is 0. The van der Waals surface area contributed by atoms with Crippen molar-refractivity contribution in [3.05, 3.63) is 17.1 Å². The van der Waals surface area contributed by atoms with Gasteiger partial charge in [-0.25, -0.2) is 0 Å². The molecule has 0 spiro atoms. The third-order valence-corrected chi connectivity index (χ3v) is 3.78. The summed E-state index contributed by atoms with van der Waals surface area (Å²) >= 11 is 0.595. The standard InChI is InChI=1S/C8H11NOSe/c1-2-8(11-7-1)9-3-5-10-6-4-9/h1-2,7H,3-6H2. The van der Waals surface area contributed by atoms with E-state index >= 15 is 0 Å². The number of nitrogens with zero attached hydrogens (tertiary/aromatic N) is 1. The van der Waals surface area contributed by atoms with E-state index in [2.05, 4.69) is 22.0 Å². The first-order chi connectivity index (χ1) is 5.47. The molecule has 0 aromatic carbocycles. The maximum atomic E-state index is 5.28. The van der Waals surface area contributed by atoms with Gasteiger partial charge in [0.2, 0.25) is 0 Å². The fourth-order valence-electron chi connectivity index (χ4n) is 1.23. The van der Waals surface area contributed by atoms with E-state index in [1.54, 1.807) is 0 Å². The van der Waals surface area contributed by atoms with Crippen LogP contribution in [0.15, 0.2) is 17.1 Å². The van der Waals surface area contributed by atoms with Crippen molar-refractivity contribution >= 4 is 19.1 Å². The second kappa shape index (κ2) is 3.44. The summed E-state index contributed by atoms with van der Waals surface area (Å²) < 4.78 is 6.79. The molecule has 0 N–H and O–H groups in total. The van der Waals surface area contributed by atoms with Gasteiger partial charge in [-0.1, -0.05) is 0 Å². The Balaban J connectivity index is 2.04. The fourth-order valence-corrected chi connectivity index (χ4v) is 2.88. The van der Waals surface area contributed by atoms with Crippen LogP contribution in [0.25, 0.3) is 0 Å². The topological polar surface area (TPSA) is 12.5 Å². The van der Waals surface area contributed by atoms with Gasteiger partial charge in [-0.15, -0.1) is 0 Å². The van der Waals surface area contributed by atoms with Crippen molar-refractivity contribution in [2.45, 2.75) is 0 Å². The average molecular weight is 216 g/mol. The van der Waals surface area contributed by atoms with Crippen LogP contribution in [-0.4, -0.2) is 40.8 Å². The Morgan fingerprint density at radius 1 is 1.36 bits per heavy atom. The molecule has 0 amide bonds. The third-order valence-electron chi connectivity index (χ3n) is 1.83. The average Bonchev–Trinajstić information content (AvgIpc) is 2.58. The molecule has 1 fully saturated rings. The van der Waals surface area contributed by atoms with E-state index in [0.717, 1.165) is 26.3 Å². The van der Waals surface area contributed by atoms with E-state index in [-0.39, 0.29) is 0 Å². The molecule has 3 heteroatoms. The van der Waals surface area contributed by atoms with E-state index in [1.807, 2.05) is 0 Å². The van der Waals surface area contributed by atoms with Gasteiger partial charge in [0, 0.05) is 0 Å². The van der Waals surface area contributed by atoms with Crippen LogP contribution in [0, 0.1) is 0 Å². The summed E-state index contributed by atoms with van der Waals surface area (Å²) in [6.45, 7) is 3.95. The molecule has 11 heavy (non-hydrogen) atoms. The SMILES string of the molecule is c1c[se]c(N2CCOCC2)c1. The Kier molecular flexibility index (Phi) is 2.32. The molecule has 0 unspecified atom stereocenters. The summed E-state index contributed by atoms with van der Waals surface area (Å²) in [5.41, 5.74) is 0.